The molecule has 0 aromatic heterocycles. The zero-order valence-electron chi connectivity index (χ0n) is 12.5. The number of ether oxygens (including phenoxy) is 1. The van der Waals surface area contributed by atoms with Crippen LogP contribution in [-0.4, -0.2) is 6.61 Å². The third-order valence-electron chi connectivity index (χ3n) is 3.36. The molecule has 0 bridgehead atoms. The monoisotopic (exact) mass is 253 g/mol. The molecule has 0 rings (SSSR count). The first-order valence-electron chi connectivity index (χ1n) is 7.93. The highest BCUT2D eigenvalue weighted by atomic mass is 16.5. The Hall–Kier alpha value is -0.300. The van der Waals surface area contributed by atoms with Crippen LogP contribution in [0.3, 0.4) is 0 Å². The molecule has 0 fully saturated rings. The lowest BCUT2D eigenvalue weighted by Gasteiger charge is -2.01. The van der Waals surface area contributed by atoms with Crippen LogP contribution in [0.5, 0.6) is 0 Å². The molecular weight excluding hydrogens is 220 g/mol. The number of unbranched alkanes of at least 4 members (excludes halogenated alkanes) is 11. The Morgan fingerprint density at radius 1 is 0.722 bits per heavy atom. The third kappa shape index (κ3) is 15.7. The molecule has 0 unspecified atom stereocenters. The van der Waals surface area contributed by atoms with E-state index in [4.69, 9.17) is 4.74 Å². The van der Waals surface area contributed by atoms with E-state index in [0.717, 1.165) is 0 Å². The van der Waals surface area contributed by atoms with Crippen LogP contribution in [0.1, 0.15) is 84.0 Å². The highest BCUT2D eigenvalue weighted by Crippen LogP contribution is 2.11. The van der Waals surface area contributed by atoms with Crippen molar-refractivity contribution >= 4 is 0 Å². The van der Waals surface area contributed by atoms with Gasteiger partial charge in [-0.25, -0.2) is 0 Å². The van der Waals surface area contributed by atoms with Gasteiger partial charge in [0.1, 0.15) is 0 Å². The van der Waals surface area contributed by atoms with Gasteiger partial charge < -0.3 is 4.74 Å². The Morgan fingerprint density at radius 3 is 1.72 bits per heavy atom. The molecule has 0 spiro atoms. The molecule has 0 aliphatic heterocycles. The van der Waals surface area contributed by atoms with E-state index in [-0.39, 0.29) is 0 Å². The Bertz CT molecular complexity index is 163. The van der Waals surface area contributed by atoms with Gasteiger partial charge in [-0.3, -0.25) is 0 Å². The smallest absolute Gasteiger partial charge is 0.0704 e. The molecule has 1 nitrogen and oxygen atoms in total. The second-order valence-corrected chi connectivity index (χ2v) is 5.17. The first kappa shape index (κ1) is 17.7. The van der Waals surface area contributed by atoms with Gasteiger partial charge in [-0.15, -0.1) is 0 Å². The maximum Gasteiger partial charge on any atom is 0.0704 e. The van der Waals surface area contributed by atoms with E-state index < -0.39 is 0 Å². The molecule has 0 aromatic rings. The maximum absolute atomic E-state index is 4.71. The zero-order valence-corrected chi connectivity index (χ0v) is 12.5. The summed E-state index contributed by atoms with van der Waals surface area (Å²) < 4.78 is 4.71. The second kappa shape index (κ2) is 16.7. The number of rotatable bonds is 14. The number of hydrogen-bond donors (Lipinski definition) is 0. The van der Waals surface area contributed by atoms with Crippen molar-refractivity contribution < 1.29 is 4.74 Å². The fourth-order valence-corrected chi connectivity index (χ4v) is 2.18. The van der Waals surface area contributed by atoms with E-state index in [1.165, 1.54) is 77.0 Å². The molecule has 0 saturated carbocycles. The summed E-state index contributed by atoms with van der Waals surface area (Å²) >= 11 is 0. The Balaban J connectivity index is 2.94. The van der Waals surface area contributed by atoms with E-state index in [1.54, 1.807) is 0 Å². The summed E-state index contributed by atoms with van der Waals surface area (Å²) in [6, 6.07) is 0. The van der Waals surface area contributed by atoms with Crippen LogP contribution in [-0.2, 0) is 4.74 Å². The maximum atomic E-state index is 4.71. The van der Waals surface area contributed by atoms with E-state index in [2.05, 4.69) is 26.2 Å². The first-order chi connectivity index (χ1) is 8.91. The summed E-state index contributed by atoms with van der Waals surface area (Å²) in [4.78, 5) is 0. The van der Waals surface area contributed by atoms with Gasteiger partial charge in [0.25, 0.3) is 0 Å². The molecule has 18 heavy (non-hydrogen) atoms. The Labute approximate surface area is 115 Å². The van der Waals surface area contributed by atoms with E-state index in [0.29, 0.717) is 6.61 Å². The minimum absolute atomic E-state index is 0.651. The van der Waals surface area contributed by atoms with E-state index in [1.807, 2.05) is 0 Å². The van der Waals surface area contributed by atoms with Crippen LogP contribution in [0.4, 0.5) is 0 Å². The van der Waals surface area contributed by atoms with Gasteiger partial charge in [0, 0.05) is 0 Å². The van der Waals surface area contributed by atoms with Gasteiger partial charge in [0.05, 0.1) is 13.7 Å². The summed E-state index contributed by atoms with van der Waals surface area (Å²) in [5, 5.41) is 0. The summed E-state index contributed by atoms with van der Waals surface area (Å²) in [7, 11) is 3.33. The molecule has 0 atom stereocenters. The second-order valence-electron chi connectivity index (χ2n) is 5.17. The fraction of sp³-hybridized carbons (Fsp3) is 0.824. The molecule has 0 saturated heterocycles. The zero-order chi connectivity index (χ0) is 13.3. The quantitative estimate of drug-likeness (QED) is 0.270. The highest BCUT2D eigenvalue weighted by Gasteiger charge is 1.92. The third-order valence-corrected chi connectivity index (χ3v) is 3.36. The largest absolute Gasteiger partial charge is 0.375 e. The van der Waals surface area contributed by atoms with Gasteiger partial charge in [-0.2, -0.15) is 0 Å². The van der Waals surface area contributed by atoms with Crippen LogP contribution in [0.25, 0.3) is 0 Å². The number of hydrogen-bond acceptors (Lipinski definition) is 1. The molecule has 0 aliphatic rings. The molecule has 1 radical (unpaired) electrons. The van der Waals surface area contributed by atoms with Crippen LogP contribution in [0.2, 0.25) is 0 Å². The van der Waals surface area contributed by atoms with Crippen LogP contribution in [0, 0.1) is 7.11 Å². The molecule has 107 valence electrons. The lowest BCUT2D eigenvalue weighted by atomic mass is 10.1. The van der Waals surface area contributed by atoms with Crippen LogP contribution < -0.4 is 0 Å². The Kier molecular flexibility index (Phi) is 16.4. The lowest BCUT2D eigenvalue weighted by Crippen LogP contribution is -1.82. The van der Waals surface area contributed by atoms with Gasteiger partial charge >= 0.3 is 0 Å². The molecule has 0 amide bonds. The SMILES string of the molecule is [CH2]OC/C=C/CCCCCCCCCCCCC. The highest BCUT2D eigenvalue weighted by molar-refractivity contribution is 4.81. The van der Waals surface area contributed by atoms with Crippen LogP contribution in [0.15, 0.2) is 12.2 Å². The molecule has 0 aliphatic carbocycles. The summed E-state index contributed by atoms with van der Waals surface area (Å²) in [5.41, 5.74) is 0. The Morgan fingerprint density at radius 2 is 1.22 bits per heavy atom. The van der Waals surface area contributed by atoms with Crippen molar-refractivity contribution in [1.82, 2.24) is 0 Å². The molecule has 0 N–H and O–H groups in total. The minimum atomic E-state index is 0.651. The van der Waals surface area contributed by atoms with Crippen molar-refractivity contribution in [3.05, 3.63) is 19.3 Å². The van der Waals surface area contributed by atoms with Crippen molar-refractivity contribution in [3.8, 4) is 0 Å². The summed E-state index contributed by atoms with van der Waals surface area (Å²) in [6.07, 6.45) is 21.0. The van der Waals surface area contributed by atoms with E-state index >= 15 is 0 Å². The van der Waals surface area contributed by atoms with Gasteiger partial charge in [0.2, 0.25) is 0 Å². The predicted molar refractivity (Wildman–Crippen MR) is 81.5 cm³/mol. The number of allylic oxidation sites excluding steroid dienone is 1. The van der Waals surface area contributed by atoms with Gasteiger partial charge in [-0.1, -0.05) is 83.3 Å². The molecular formula is C17H33O. The first-order valence-corrected chi connectivity index (χ1v) is 7.93. The summed E-state index contributed by atoms with van der Waals surface area (Å²) in [6.45, 7) is 2.93. The van der Waals surface area contributed by atoms with Crippen molar-refractivity contribution in [2.24, 2.45) is 0 Å². The van der Waals surface area contributed by atoms with E-state index in [9.17, 15) is 0 Å². The van der Waals surface area contributed by atoms with Crippen molar-refractivity contribution in [1.29, 1.82) is 0 Å². The van der Waals surface area contributed by atoms with Gasteiger partial charge in [0.15, 0.2) is 0 Å². The topological polar surface area (TPSA) is 9.23 Å². The van der Waals surface area contributed by atoms with Crippen molar-refractivity contribution in [2.75, 3.05) is 6.61 Å². The summed E-state index contributed by atoms with van der Waals surface area (Å²) in [5.74, 6) is 0. The predicted octanol–water partition coefficient (Wildman–Crippen LogP) is 6.05. The van der Waals surface area contributed by atoms with Gasteiger partial charge in [-0.05, 0) is 12.8 Å². The average molecular weight is 253 g/mol. The van der Waals surface area contributed by atoms with Crippen molar-refractivity contribution in [2.45, 2.75) is 84.0 Å². The molecule has 0 aromatic carbocycles. The standard InChI is InChI=1S/C17H33O/c1-3-4-5-6-7-8-9-10-11-12-13-14-15-16-17-18-2/h15-16H,2-14,17H2,1H3/b16-15+. The average Bonchev–Trinajstić information content (AvgIpc) is 2.39. The molecule has 0 heterocycles. The fourth-order valence-electron chi connectivity index (χ4n) is 2.18. The molecule has 1 heteroatoms. The van der Waals surface area contributed by atoms with Crippen LogP contribution >= 0.6 is 0 Å². The van der Waals surface area contributed by atoms with Crippen molar-refractivity contribution in [3.63, 3.8) is 0 Å². The minimum Gasteiger partial charge on any atom is -0.375 e. The lowest BCUT2D eigenvalue weighted by molar-refractivity contribution is 0.281. The normalized spacial score (nSPS) is 11.4.